The number of nitrogens with one attached hydrogen (secondary N) is 2. The van der Waals surface area contributed by atoms with E-state index in [-0.39, 0.29) is 11.1 Å². The predicted molar refractivity (Wildman–Crippen MR) is 61.5 cm³/mol. The lowest BCUT2D eigenvalue weighted by molar-refractivity contribution is 0.0697. The molecule has 0 amide bonds. The van der Waals surface area contributed by atoms with Crippen LogP contribution in [0.25, 0.3) is 0 Å². The van der Waals surface area contributed by atoms with Gasteiger partial charge in [0, 0.05) is 11.8 Å². The minimum Gasteiger partial charge on any atom is -0.478 e. The number of carboxylic acid groups (broad SMARTS) is 1. The molecule has 0 saturated heterocycles. The Labute approximate surface area is 96.0 Å². The molecule has 0 bridgehead atoms. The molecule has 6 nitrogen and oxygen atoms in total. The van der Waals surface area contributed by atoms with Gasteiger partial charge in [0.05, 0.1) is 11.9 Å². The number of anilines is 2. The summed E-state index contributed by atoms with van der Waals surface area (Å²) in [6.45, 7) is 0. The predicted octanol–water partition coefficient (Wildman–Crippen LogP) is 1.21. The van der Waals surface area contributed by atoms with E-state index in [0.717, 1.165) is 0 Å². The van der Waals surface area contributed by atoms with Gasteiger partial charge in [0.25, 0.3) is 5.56 Å². The summed E-state index contributed by atoms with van der Waals surface area (Å²) < 4.78 is 0. The number of nitrogens with zero attached hydrogens (tertiary/aromatic N) is 1. The first kappa shape index (κ1) is 10.9. The lowest BCUT2D eigenvalue weighted by Gasteiger charge is -2.04. The third-order valence-corrected chi connectivity index (χ3v) is 2.08. The lowest BCUT2D eigenvalue weighted by Crippen LogP contribution is -2.06. The molecule has 0 aliphatic heterocycles. The van der Waals surface area contributed by atoms with E-state index < -0.39 is 5.97 Å². The minimum atomic E-state index is -0.981. The molecule has 0 spiro atoms. The summed E-state index contributed by atoms with van der Waals surface area (Å²) in [6, 6.07) is 7.46. The molecule has 3 N–H and O–H groups in total. The van der Waals surface area contributed by atoms with E-state index in [2.05, 4.69) is 15.3 Å². The van der Waals surface area contributed by atoms with Crippen molar-refractivity contribution in [3.05, 3.63) is 52.6 Å². The van der Waals surface area contributed by atoms with Crippen LogP contribution in [0.15, 0.2) is 41.5 Å². The monoisotopic (exact) mass is 231 g/mol. The summed E-state index contributed by atoms with van der Waals surface area (Å²) in [5.41, 5.74) is 0.604. The van der Waals surface area contributed by atoms with E-state index in [0.29, 0.717) is 11.5 Å². The first-order chi connectivity index (χ1) is 8.15. The minimum absolute atomic E-state index is 0.203. The van der Waals surface area contributed by atoms with Crippen LogP contribution >= 0.6 is 0 Å². The fourth-order valence-corrected chi connectivity index (χ4v) is 1.28. The van der Waals surface area contributed by atoms with Crippen molar-refractivity contribution in [1.82, 2.24) is 9.97 Å². The Morgan fingerprint density at radius 2 is 2.00 bits per heavy atom. The molecule has 1 heterocycles. The smallest absolute Gasteiger partial charge is 0.335 e. The molecule has 17 heavy (non-hydrogen) atoms. The molecule has 0 atom stereocenters. The van der Waals surface area contributed by atoms with Crippen LogP contribution in [0.1, 0.15) is 10.4 Å². The van der Waals surface area contributed by atoms with E-state index in [1.807, 2.05) is 0 Å². The Bertz CT molecular complexity index is 589. The average Bonchev–Trinajstić information content (AvgIpc) is 2.29. The molecule has 1 aromatic heterocycles. The first-order valence-corrected chi connectivity index (χ1v) is 4.80. The topological polar surface area (TPSA) is 95.1 Å². The summed E-state index contributed by atoms with van der Waals surface area (Å²) >= 11 is 0. The van der Waals surface area contributed by atoms with Crippen molar-refractivity contribution in [2.75, 3.05) is 5.32 Å². The Kier molecular flexibility index (Phi) is 2.87. The number of carboxylic acids is 1. The number of benzene rings is 1. The van der Waals surface area contributed by atoms with Gasteiger partial charge in [-0.25, -0.2) is 9.78 Å². The highest BCUT2D eigenvalue weighted by Gasteiger charge is 2.02. The number of aromatic carboxylic acids is 1. The Hall–Kier alpha value is -2.63. The van der Waals surface area contributed by atoms with Gasteiger partial charge in [0.15, 0.2) is 0 Å². The van der Waals surface area contributed by atoms with Gasteiger partial charge in [0.1, 0.15) is 5.82 Å². The van der Waals surface area contributed by atoms with Gasteiger partial charge >= 0.3 is 5.97 Å². The third kappa shape index (κ3) is 2.69. The van der Waals surface area contributed by atoms with Gasteiger partial charge in [-0.2, -0.15) is 0 Å². The number of aromatic amines is 1. The number of hydrogen-bond acceptors (Lipinski definition) is 4. The van der Waals surface area contributed by atoms with Crippen molar-refractivity contribution in [2.24, 2.45) is 0 Å². The molecular formula is C11H9N3O3. The summed E-state index contributed by atoms with van der Waals surface area (Å²) in [7, 11) is 0. The molecular weight excluding hydrogens is 222 g/mol. The molecule has 6 heteroatoms. The summed E-state index contributed by atoms with van der Waals surface area (Å²) in [5, 5.41) is 11.6. The SMILES string of the molecule is O=C(O)c1ccc(Nc2cc(=O)[nH]cn2)cc1. The van der Waals surface area contributed by atoms with Crippen LogP contribution in [0, 0.1) is 0 Å². The Balaban J connectivity index is 2.19. The average molecular weight is 231 g/mol. The van der Waals surface area contributed by atoms with Crippen molar-refractivity contribution in [1.29, 1.82) is 0 Å². The van der Waals surface area contributed by atoms with Crippen LogP contribution < -0.4 is 10.9 Å². The van der Waals surface area contributed by atoms with Crippen molar-refractivity contribution in [3.63, 3.8) is 0 Å². The van der Waals surface area contributed by atoms with Gasteiger partial charge in [-0.3, -0.25) is 4.79 Å². The molecule has 2 aromatic rings. The summed E-state index contributed by atoms with van der Waals surface area (Å²) in [4.78, 5) is 28.0. The molecule has 1 aromatic carbocycles. The van der Waals surface area contributed by atoms with Crippen LogP contribution in [-0.2, 0) is 0 Å². The molecule has 0 radical (unpaired) electrons. The van der Waals surface area contributed by atoms with Crippen LogP contribution in [0.4, 0.5) is 11.5 Å². The second kappa shape index (κ2) is 4.48. The molecule has 0 fully saturated rings. The summed E-state index contributed by atoms with van der Waals surface area (Å²) in [6.07, 6.45) is 1.29. The van der Waals surface area contributed by atoms with Gasteiger partial charge in [-0.05, 0) is 24.3 Å². The lowest BCUT2D eigenvalue weighted by atomic mass is 10.2. The van der Waals surface area contributed by atoms with Gasteiger partial charge in [-0.15, -0.1) is 0 Å². The number of hydrogen-bond donors (Lipinski definition) is 3. The van der Waals surface area contributed by atoms with Gasteiger partial charge < -0.3 is 15.4 Å². The van der Waals surface area contributed by atoms with Crippen LogP contribution in [0.5, 0.6) is 0 Å². The summed E-state index contributed by atoms with van der Waals surface area (Å²) in [5.74, 6) is -0.581. The zero-order valence-corrected chi connectivity index (χ0v) is 8.68. The standard InChI is InChI=1S/C11H9N3O3/c15-10-5-9(12-6-13-10)14-8-3-1-7(2-4-8)11(16)17/h1-6H,(H,16,17)(H2,12,13,14,15). The van der Waals surface area contributed by atoms with Crippen molar-refractivity contribution < 1.29 is 9.90 Å². The molecule has 0 saturated carbocycles. The number of carbonyl (C=O) groups is 1. The molecule has 2 rings (SSSR count). The molecule has 86 valence electrons. The van der Waals surface area contributed by atoms with E-state index in [9.17, 15) is 9.59 Å². The van der Waals surface area contributed by atoms with Crippen LogP contribution in [0.3, 0.4) is 0 Å². The van der Waals surface area contributed by atoms with E-state index in [1.165, 1.54) is 24.5 Å². The zero-order valence-electron chi connectivity index (χ0n) is 8.68. The Morgan fingerprint density at radius 1 is 1.29 bits per heavy atom. The Morgan fingerprint density at radius 3 is 2.59 bits per heavy atom. The van der Waals surface area contributed by atoms with Crippen molar-refractivity contribution >= 4 is 17.5 Å². The number of aromatic nitrogens is 2. The molecule has 0 aliphatic carbocycles. The maximum absolute atomic E-state index is 11.0. The highest BCUT2D eigenvalue weighted by Crippen LogP contribution is 2.13. The molecule has 0 aliphatic rings. The zero-order chi connectivity index (χ0) is 12.3. The maximum Gasteiger partial charge on any atom is 0.335 e. The molecule has 0 unspecified atom stereocenters. The highest BCUT2D eigenvalue weighted by molar-refractivity contribution is 5.88. The van der Waals surface area contributed by atoms with Crippen LogP contribution in [0.2, 0.25) is 0 Å². The van der Waals surface area contributed by atoms with Gasteiger partial charge in [-0.1, -0.05) is 0 Å². The number of H-pyrrole nitrogens is 1. The largest absolute Gasteiger partial charge is 0.478 e. The highest BCUT2D eigenvalue weighted by atomic mass is 16.4. The van der Waals surface area contributed by atoms with Crippen molar-refractivity contribution in [3.8, 4) is 0 Å². The fraction of sp³-hybridized carbons (Fsp3) is 0. The van der Waals surface area contributed by atoms with E-state index in [4.69, 9.17) is 5.11 Å². The van der Waals surface area contributed by atoms with Gasteiger partial charge in [0.2, 0.25) is 0 Å². The van der Waals surface area contributed by atoms with Crippen molar-refractivity contribution in [2.45, 2.75) is 0 Å². The fourth-order valence-electron chi connectivity index (χ4n) is 1.28. The number of rotatable bonds is 3. The van der Waals surface area contributed by atoms with E-state index in [1.54, 1.807) is 12.1 Å². The maximum atomic E-state index is 11.0. The second-order valence-corrected chi connectivity index (χ2v) is 3.30. The quantitative estimate of drug-likeness (QED) is 0.738. The second-order valence-electron chi connectivity index (χ2n) is 3.30. The van der Waals surface area contributed by atoms with Crippen LogP contribution in [-0.4, -0.2) is 21.0 Å². The van der Waals surface area contributed by atoms with E-state index >= 15 is 0 Å². The first-order valence-electron chi connectivity index (χ1n) is 4.80. The normalized spacial score (nSPS) is 9.88. The third-order valence-electron chi connectivity index (χ3n) is 2.08.